The number of para-hydroxylation sites is 1. The van der Waals surface area contributed by atoms with Crippen molar-refractivity contribution in [3.05, 3.63) is 70.4 Å². The van der Waals surface area contributed by atoms with Crippen molar-refractivity contribution < 1.29 is 14.3 Å². The maximum absolute atomic E-state index is 13.6. The Bertz CT molecular complexity index is 1200. The summed E-state index contributed by atoms with van der Waals surface area (Å²) in [5.74, 6) is -0.0410. The van der Waals surface area contributed by atoms with Gasteiger partial charge in [-0.2, -0.15) is 0 Å². The summed E-state index contributed by atoms with van der Waals surface area (Å²) in [6.07, 6.45) is 1.36. The first-order valence-corrected chi connectivity index (χ1v) is 11.9. The number of hydrogen-bond acceptors (Lipinski definition) is 3. The van der Waals surface area contributed by atoms with Crippen LogP contribution in [0.3, 0.4) is 0 Å². The molecule has 0 unspecified atom stereocenters. The number of rotatable bonds is 6. The minimum atomic E-state index is -0.534. The number of halogens is 1. The van der Waals surface area contributed by atoms with Crippen molar-refractivity contribution in [2.45, 2.75) is 44.9 Å². The number of benzene rings is 2. The molecular weight excluding hydrogens is 438 g/mol. The molecular formula is C26H28ClN3O3. The van der Waals surface area contributed by atoms with Crippen molar-refractivity contribution in [3.63, 3.8) is 0 Å². The predicted octanol–water partition coefficient (Wildman–Crippen LogP) is 4.32. The van der Waals surface area contributed by atoms with Crippen LogP contribution in [-0.2, 0) is 20.7 Å². The molecule has 2 aromatic carbocycles. The Hall–Kier alpha value is -2.83. The SMILES string of the molecule is CC(C)OCCCN1CC(=O)N2[C@H](c3cccc(Cl)c3)c3[nH]c4ccccc4c3C[C@H]2C1=O. The normalized spacial score (nSPS) is 20.5. The third kappa shape index (κ3) is 4.02. The topological polar surface area (TPSA) is 65.6 Å². The highest BCUT2D eigenvalue weighted by molar-refractivity contribution is 6.30. The van der Waals surface area contributed by atoms with E-state index in [1.54, 1.807) is 9.80 Å². The third-order valence-corrected chi connectivity index (χ3v) is 6.77. The standard InChI is InChI=1S/C26H28ClN3O3/c1-16(2)33-12-6-11-29-15-23(31)30-22(26(29)32)14-20-19-9-3-4-10-21(19)28-24(20)25(30)17-7-5-8-18(27)13-17/h3-5,7-10,13,16,22,25,28H,6,11-12,14-15H2,1-2H3/t22-,25+/m0/s1. The van der Waals surface area contributed by atoms with Crippen LogP contribution in [0.15, 0.2) is 48.5 Å². The van der Waals surface area contributed by atoms with Crippen molar-refractivity contribution in [2.24, 2.45) is 0 Å². The summed E-state index contributed by atoms with van der Waals surface area (Å²) >= 11 is 6.33. The van der Waals surface area contributed by atoms with E-state index in [0.717, 1.165) is 27.7 Å². The second kappa shape index (κ2) is 8.84. The smallest absolute Gasteiger partial charge is 0.246 e. The van der Waals surface area contributed by atoms with Crippen LogP contribution in [0.1, 0.15) is 43.1 Å². The molecule has 3 aromatic rings. The monoisotopic (exact) mass is 465 g/mol. The molecule has 3 heterocycles. The summed E-state index contributed by atoms with van der Waals surface area (Å²) in [6, 6.07) is 14.8. The zero-order valence-corrected chi connectivity index (χ0v) is 19.6. The molecule has 172 valence electrons. The number of ether oxygens (including phenoxy) is 1. The van der Waals surface area contributed by atoms with Gasteiger partial charge in [-0.15, -0.1) is 0 Å². The number of nitrogens with one attached hydrogen (secondary N) is 1. The highest BCUT2D eigenvalue weighted by Crippen LogP contribution is 2.42. The predicted molar refractivity (Wildman–Crippen MR) is 128 cm³/mol. The number of piperazine rings is 1. The summed E-state index contributed by atoms with van der Waals surface area (Å²) in [6.45, 7) is 5.16. The zero-order chi connectivity index (χ0) is 23.1. The molecule has 0 aliphatic carbocycles. The zero-order valence-electron chi connectivity index (χ0n) is 18.9. The second-order valence-electron chi connectivity index (χ2n) is 9.07. The van der Waals surface area contributed by atoms with E-state index in [9.17, 15) is 9.59 Å². The van der Waals surface area contributed by atoms with Gasteiger partial charge in [0.1, 0.15) is 6.04 Å². The van der Waals surface area contributed by atoms with Gasteiger partial charge in [-0.3, -0.25) is 9.59 Å². The Kier molecular flexibility index (Phi) is 5.89. The molecule has 7 heteroatoms. The highest BCUT2D eigenvalue weighted by atomic mass is 35.5. The number of nitrogens with zero attached hydrogens (tertiary/aromatic N) is 2. The highest BCUT2D eigenvalue weighted by Gasteiger charge is 2.48. The first-order chi connectivity index (χ1) is 15.9. The Labute approximate surface area is 198 Å². The van der Waals surface area contributed by atoms with Crippen LogP contribution < -0.4 is 0 Å². The number of amides is 2. The van der Waals surface area contributed by atoms with Gasteiger partial charge in [-0.1, -0.05) is 41.9 Å². The third-order valence-electron chi connectivity index (χ3n) is 6.53. The number of H-pyrrole nitrogens is 1. The number of hydrogen-bond donors (Lipinski definition) is 1. The minimum absolute atomic E-state index is 0.00195. The van der Waals surface area contributed by atoms with Gasteiger partial charge in [-0.25, -0.2) is 0 Å². The number of carbonyl (C=O) groups is 2. The van der Waals surface area contributed by atoms with Crippen molar-refractivity contribution in [1.82, 2.24) is 14.8 Å². The van der Waals surface area contributed by atoms with Crippen molar-refractivity contribution in [1.29, 1.82) is 0 Å². The molecule has 33 heavy (non-hydrogen) atoms. The Morgan fingerprint density at radius 3 is 2.76 bits per heavy atom. The van der Waals surface area contributed by atoms with Crippen LogP contribution in [0.4, 0.5) is 0 Å². The van der Waals surface area contributed by atoms with E-state index >= 15 is 0 Å². The summed E-state index contributed by atoms with van der Waals surface area (Å²) < 4.78 is 5.62. The fourth-order valence-corrected chi connectivity index (χ4v) is 5.31. The number of aromatic nitrogens is 1. The fourth-order valence-electron chi connectivity index (χ4n) is 5.11. The largest absolute Gasteiger partial charge is 0.379 e. The van der Waals surface area contributed by atoms with E-state index < -0.39 is 6.04 Å². The maximum atomic E-state index is 13.6. The Morgan fingerprint density at radius 2 is 1.97 bits per heavy atom. The van der Waals surface area contributed by atoms with E-state index in [2.05, 4.69) is 11.1 Å². The van der Waals surface area contributed by atoms with Crippen LogP contribution in [0.25, 0.3) is 10.9 Å². The quantitative estimate of drug-likeness (QED) is 0.551. The molecule has 1 saturated heterocycles. The van der Waals surface area contributed by atoms with Gasteiger partial charge in [0.05, 0.1) is 18.7 Å². The van der Waals surface area contributed by atoms with Gasteiger partial charge in [0, 0.05) is 41.2 Å². The second-order valence-corrected chi connectivity index (χ2v) is 9.51. The first kappa shape index (κ1) is 22.0. The van der Waals surface area contributed by atoms with Crippen molar-refractivity contribution in [2.75, 3.05) is 19.7 Å². The van der Waals surface area contributed by atoms with Gasteiger partial charge < -0.3 is 19.5 Å². The number of aromatic amines is 1. The lowest BCUT2D eigenvalue weighted by Gasteiger charge is -2.47. The fraction of sp³-hybridized carbons (Fsp3) is 0.385. The summed E-state index contributed by atoms with van der Waals surface area (Å²) in [5.41, 5.74) is 3.98. The molecule has 2 amide bonds. The lowest BCUT2D eigenvalue weighted by atomic mass is 9.86. The van der Waals surface area contributed by atoms with Gasteiger partial charge in [0.15, 0.2) is 0 Å². The summed E-state index contributed by atoms with van der Waals surface area (Å²) in [5, 5.41) is 1.71. The lowest BCUT2D eigenvalue weighted by Crippen LogP contribution is -2.63. The molecule has 0 spiro atoms. The van der Waals surface area contributed by atoms with E-state index in [-0.39, 0.29) is 30.5 Å². The van der Waals surface area contributed by atoms with Crippen LogP contribution in [-0.4, -0.2) is 58.4 Å². The Morgan fingerprint density at radius 1 is 1.15 bits per heavy atom. The van der Waals surface area contributed by atoms with E-state index in [1.165, 1.54) is 0 Å². The van der Waals surface area contributed by atoms with Crippen LogP contribution in [0.2, 0.25) is 5.02 Å². The summed E-state index contributed by atoms with van der Waals surface area (Å²) in [4.78, 5) is 34.1. The minimum Gasteiger partial charge on any atom is -0.379 e. The van der Waals surface area contributed by atoms with E-state index in [1.807, 2.05) is 56.3 Å². The molecule has 0 bridgehead atoms. The number of carbonyl (C=O) groups excluding carboxylic acids is 2. The van der Waals surface area contributed by atoms with Crippen molar-refractivity contribution in [3.8, 4) is 0 Å². The first-order valence-electron chi connectivity index (χ1n) is 11.5. The molecule has 2 aliphatic rings. The van der Waals surface area contributed by atoms with Crippen LogP contribution >= 0.6 is 11.6 Å². The lowest BCUT2D eigenvalue weighted by molar-refractivity contribution is -0.158. The van der Waals surface area contributed by atoms with Gasteiger partial charge in [0.25, 0.3) is 0 Å². The van der Waals surface area contributed by atoms with Crippen LogP contribution in [0.5, 0.6) is 0 Å². The molecule has 1 N–H and O–H groups in total. The van der Waals surface area contributed by atoms with Gasteiger partial charge >= 0.3 is 0 Å². The summed E-state index contributed by atoms with van der Waals surface area (Å²) in [7, 11) is 0. The molecule has 1 aromatic heterocycles. The molecule has 0 saturated carbocycles. The average molecular weight is 466 g/mol. The van der Waals surface area contributed by atoms with E-state index in [0.29, 0.717) is 31.0 Å². The van der Waals surface area contributed by atoms with Crippen LogP contribution in [0, 0.1) is 0 Å². The van der Waals surface area contributed by atoms with Gasteiger partial charge in [-0.05, 0) is 49.6 Å². The molecule has 2 aliphatic heterocycles. The number of fused-ring (bicyclic) bond motifs is 4. The van der Waals surface area contributed by atoms with Crippen molar-refractivity contribution >= 4 is 34.3 Å². The molecule has 0 radical (unpaired) electrons. The maximum Gasteiger partial charge on any atom is 0.246 e. The average Bonchev–Trinajstić information content (AvgIpc) is 3.16. The molecule has 1 fully saturated rings. The molecule has 5 rings (SSSR count). The van der Waals surface area contributed by atoms with E-state index in [4.69, 9.17) is 16.3 Å². The molecule has 6 nitrogen and oxygen atoms in total. The molecule has 2 atom stereocenters. The Balaban J connectivity index is 1.53. The van der Waals surface area contributed by atoms with Gasteiger partial charge in [0.2, 0.25) is 11.8 Å².